The van der Waals surface area contributed by atoms with Crippen LogP contribution >= 0.6 is 7.26 Å². The molecule has 0 unspecified atom stereocenters. The molecule has 0 saturated heterocycles. The summed E-state index contributed by atoms with van der Waals surface area (Å²) in [5.41, 5.74) is 2.26. The SMILES string of the molecule is CC(C)(C=O)C(C)(C)[P+](c1ccccc1)(c1ccccc1)c1ccccc1.CCc1ccc(OCCNC)c(C(=O)Nc2ccc([N+](=O)[O-])cc2CC)c1. The Morgan fingerprint density at radius 1 is 0.778 bits per heavy atom. The van der Waals surface area contributed by atoms with E-state index in [4.69, 9.17) is 4.74 Å². The molecule has 0 aliphatic rings. The Kier molecular flexibility index (Phi) is 14.4. The van der Waals surface area contributed by atoms with Crippen LogP contribution in [-0.4, -0.2) is 42.5 Å². The molecule has 0 radical (unpaired) electrons. The predicted octanol–water partition coefficient (Wildman–Crippen LogP) is 8.55. The van der Waals surface area contributed by atoms with Crippen molar-refractivity contribution in [2.45, 2.75) is 59.5 Å². The number of rotatable bonds is 15. The molecule has 9 heteroatoms. The summed E-state index contributed by atoms with van der Waals surface area (Å²) < 4.78 is 5.73. The number of anilines is 1. The number of non-ortho nitro benzene ring substituents is 1. The van der Waals surface area contributed by atoms with Crippen LogP contribution in [0.3, 0.4) is 0 Å². The lowest BCUT2D eigenvalue weighted by atomic mass is 9.82. The number of nitro benzene ring substituents is 1. The molecule has 0 aromatic heterocycles. The quantitative estimate of drug-likeness (QED) is 0.0365. The number of aldehydes is 1. The number of carbonyl (C=O) groups excluding carboxylic acids is 2. The fourth-order valence-corrected chi connectivity index (χ4v) is 12.2. The van der Waals surface area contributed by atoms with Crippen molar-refractivity contribution in [1.82, 2.24) is 5.32 Å². The minimum atomic E-state index is -2.13. The maximum absolute atomic E-state index is 12.9. The third kappa shape index (κ3) is 8.95. The zero-order chi connectivity index (χ0) is 39.4. The van der Waals surface area contributed by atoms with Crippen molar-refractivity contribution in [3.05, 3.63) is 154 Å². The number of aryl methyl sites for hydroxylation is 2. The molecule has 1 amide bonds. The summed E-state index contributed by atoms with van der Waals surface area (Å²) in [6.45, 7) is 13.7. The Bertz CT molecular complexity index is 1900. The van der Waals surface area contributed by atoms with Crippen LogP contribution in [0.25, 0.3) is 0 Å². The van der Waals surface area contributed by atoms with Crippen molar-refractivity contribution in [1.29, 1.82) is 0 Å². The molecular weight excluding hydrogens is 693 g/mol. The molecule has 0 aliphatic heterocycles. The molecule has 54 heavy (non-hydrogen) atoms. The van der Waals surface area contributed by atoms with Gasteiger partial charge in [0.25, 0.3) is 11.6 Å². The first-order chi connectivity index (χ1) is 25.9. The zero-order valence-electron chi connectivity index (χ0n) is 32.5. The van der Waals surface area contributed by atoms with Crippen LogP contribution < -0.4 is 31.3 Å². The second kappa shape index (κ2) is 18.7. The average Bonchev–Trinajstić information content (AvgIpc) is 3.19. The number of hydrogen-bond acceptors (Lipinski definition) is 6. The topological polar surface area (TPSA) is 111 Å². The minimum Gasteiger partial charge on any atom is -0.491 e. The molecule has 2 N–H and O–H groups in total. The third-order valence-electron chi connectivity index (χ3n) is 10.4. The molecule has 0 fully saturated rings. The van der Waals surface area contributed by atoms with Gasteiger partial charge in [0, 0.05) is 24.4 Å². The Morgan fingerprint density at radius 2 is 1.31 bits per heavy atom. The number of hydrogen-bond donors (Lipinski definition) is 2. The van der Waals surface area contributed by atoms with Crippen molar-refractivity contribution >= 4 is 46.7 Å². The van der Waals surface area contributed by atoms with Crippen LogP contribution in [0.15, 0.2) is 127 Å². The van der Waals surface area contributed by atoms with E-state index < -0.39 is 17.6 Å². The van der Waals surface area contributed by atoms with Crippen LogP contribution in [0.4, 0.5) is 11.4 Å². The smallest absolute Gasteiger partial charge is 0.269 e. The van der Waals surface area contributed by atoms with E-state index in [0.717, 1.165) is 18.3 Å². The molecule has 0 saturated carbocycles. The van der Waals surface area contributed by atoms with Gasteiger partial charge in [0.1, 0.15) is 47.0 Å². The van der Waals surface area contributed by atoms with Crippen LogP contribution in [0.1, 0.15) is 63.0 Å². The maximum atomic E-state index is 12.9. The van der Waals surface area contributed by atoms with E-state index >= 15 is 0 Å². The van der Waals surface area contributed by atoms with Gasteiger partial charge < -0.3 is 20.2 Å². The summed E-state index contributed by atoms with van der Waals surface area (Å²) in [5, 5.41) is 20.5. The van der Waals surface area contributed by atoms with Crippen molar-refractivity contribution in [3.63, 3.8) is 0 Å². The summed E-state index contributed by atoms with van der Waals surface area (Å²) in [6.07, 6.45) is 2.50. The van der Waals surface area contributed by atoms with Crippen molar-refractivity contribution in [2.75, 3.05) is 25.5 Å². The van der Waals surface area contributed by atoms with Gasteiger partial charge in [-0.3, -0.25) is 14.9 Å². The number of likely N-dealkylation sites (N-methyl/N-ethyl adjacent to an activating group) is 1. The van der Waals surface area contributed by atoms with Crippen LogP contribution in [0.5, 0.6) is 5.75 Å². The average molecular weight is 747 g/mol. The summed E-state index contributed by atoms with van der Waals surface area (Å²) in [7, 11) is -0.294. The number of carbonyl (C=O) groups is 2. The third-order valence-corrected chi connectivity index (χ3v) is 15.8. The van der Waals surface area contributed by atoms with Crippen molar-refractivity contribution < 1.29 is 19.2 Å². The van der Waals surface area contributed by atoms with Gasteiger partial charge in [-0.15, -0.1) is 0 Å². The standard InChI is InChI=1S/C25H28OP.C20H25N3O4/c1-24(2,20-26)25(3,4)27(21-14-8-5-9-15-21,22-16-10-6-11-17-22)23-18-12-7-13-19-23;1-4-14-6-9-19(27-11-10-21-3)17(12-14)20(24)22-18-8-7-16(23(25)26)13-15(18)5-2/h5-20H,1-4H3;6-9,12-13,21H,4-5,10-11H2,1-3H3,(H,22,24)/q+1;. The molecule has 5 aromatic rings. The predicted molar refractivity (Wildman–Crippen MR) is 225 cm³/mol. The van der Waals surface area contributed by atoms with Gasteiger partial charge in [-0.2, -0.15) is 0 Å². The number of nitrogens with one attached hydrogen (secondary N) is 2. The highest BCUT2D eigenvalue weighted by Crippen LogP contribution is 2.70. The normalized spacial score (nSPS) is 11.5. The first-order valence-electron chi connectivity index (χ1n) is 18.4. The minimum absolute atomic E-state index is 0.00826. The summed E-state index contributed by atoms with van der Waals surface area (Å²) in [5.74, 6) is 0.216. The number of nitro groups is 1. The molecule has 282 valence electrons. The summed E-state index contributed by atoms with van der Waals surface area (Å²) in [4.78, 5) is 35.6. The van der Waals surface area contributed by atoms with E-state index in [1.54, 1.807) is 12.1 Å². The first kappa shape index (κ1) is 41.6. The Balaban J connectivity index is 0.000000241. The summed E-state index contributed by atoms with van der Waals surface area (Å²) in [6, 6.07) is 42.3. The van der Waals surface area contributed by atoms with E-state index in [1.807, 2.05) is 33.0 Å². The molecule has 0 bridgehead atoms. The molecule has 5 rings (SSSR count). The van der Waals surface area contributed by atoms with E-state index in [1.165, 1.54) is 28.0 Å². The van der Waals surface area contributed by atoms with Crippen LogP contribution in [0, 0.1) is 15.5 Å². The number of nitrogens with zero attached hydrogens (tertiary/aromatic N) is 1. The fourth-order valence-electron chi connectivity index (χ4n) is 6.61. The zero-order valence-corrected chi connectivity index (χ0v) is 33.4. The van der Waals surface area contributed by atoms with Gasteiger partial charge in [0.2, 0.25) is 0 Å². The second-order valence-corrected chi connectivity index (χ2v) is 18.1. The monoisotopic (exact) mass is 746 g/mol. The molecule has 0 spiro atoms. The lowest BCUT2D eigenvalue weighted by Gasteiger charge is -2.47. The molecular formula is C45H53N3O5P+. The van der Waals surface area contributed by atoms with E-state index in [9.17, 15) is 19.7 Å². The second-order valence-electron chi connectivity index (χ2n) is 14.1. The largest absolute Gasteiger partial charge is 0.491 e. The van der Waals surface area contributed by atoms with E-state index in [2.05, 4.69) is 129 Å². The number of ether oxygens (including phenoxy) is 1. The number of benzene rings is 5. The van der Waals surface area contributed by atoms with E-state index in [-0.39, 0.29) is 16.8 Å². The van der Waals surface area contributed by atoms with Gasteiger partial charge in [0.05, 0.1) is 15.9 Å². The molecule has 8 nitrogen and oxygen atoms in total. The Hall–Kier alpha value is -5.17. The van der Waals surface area contributed by atoms with Gasteiger partial charge in [-0.25, -0.2) is 0 Å². The van der Waals surface area contributed by atoms with Crippen molar-refractivity contribution in [2.24, 2.45) is 5.41 Å². The van der Waals surface area contributed by atoms with Gasteiger partial charge in [0.15, 0.2) is 0 Å². The molecule has 0 aliphatic carbocycles. The highest BCUT2D eigenvalue weighted by Gasteiger charge is 2.63. The molecule has 0 heterocycles. The van der Waals surface area contributed by atoms with Gasteiger partial charge in [-0.05, 0) is 113 Å². The highest BCUT2D eigenvalue weighted by molar-refractivity contribution is 7.97. The van der Waals surface area contributed by atoms with Gasteiger partial charge >= 0.3 is 0 Å². The molecule has 5 aromatic carbocycles. The van der Waals surface area contributed by atoms with Crippen LogP contribution in [-0.2, 0) is 17.6 Å². The lowest BCUT2D eigenvalue weighted by Crippen LogP contribution is -2.52. The summed E-state index contributed by atoms with van der Waals surface area (Å²) >= 11 is 0. The molecule has 0 atom stereocenters. The Labute approximate surface area is 320 Å². The Morgan fingerprint density at radius 3 is 1.76 bits per heavy atom. The maximum Gasteiger partial charge on any atom is 0.269 e. The van der Waals surface area contributed by atoms with Crippen LogP contribution in [0.2, 0.25) is 0 Å². The van der Waals surface area contributed by atoms with Crippen molar-refractivity contribution in [3.8, 4) is 5.75 Å². The first-order valence-corrected chi connectivity index (χ1v) is 20.2. The van der Waals surface area contributed by atoms with Gasteiger partial charge in [-0.1, -0.05) is 74.5 Å². The fraction of sp³-hybridized carbons (Fsp3) is 0.289. The number of amides is 1. The lowest BCUT2D eigenvalue weighted by molar-refractivity contribution is -0.384. The highest BCUT2D eigenvalue weighted by atomic mass is 31.2. The van der Waals surface area contributed by atoms with E-state index in [0.29, 0.717) is 42.1 Å².